The molecule has 0 aliphatic rings. The van der Waals surface area contributed by atoms with Crippen molar-refractivity contribution in [3.63, 3.8) is 0 Å². The molecule has 0 aliphatic carbocycles. The molecular formula is C9H11N3OS2. The molecule has 0 aromatic carbocycles. The van der Waals surface area contributed by atoms with E-state index in [1.54, 1.807) is 6.07 Å². The van der Waals surface area contributed by atoms with Crippen molar-refractivity contribution in [2.75, 3.05) is 12.3 Å². The van der Waals surface area contributed by atoms with Crippen molar-refractivity contribution in [3.05, 3.63) is 21.8 Å². The zero-order valence-electron chi connectivity index (χ0n) is 8.03. The first-order valence-electron chi connectivity index (χ1n) is 4.61. The van der Waals surface area contributed by atoms with Crippen LogP contribution in [0.15, 0.2) is 21.4 Å². The van der Waals surface area contributed by atoms with Gasteiger partial charge in [-0.3, -0.25) is 4.79 Å². The number of nitrogens with two attached hydrogens (primary N) is 1. The molecule has 0 unspecified atom stereocenters. The lowest BCUT2D eigenvalue weighted by Gasteiger charge is -1.99. The molecule has 6 heteroatoms. The monoisotopic (exact) mass is 241 g/mol. The smallest absolute Gasteiger partial charge is 0.260 e. The summed E-state index contributed by atoms with van der Waals surface area (Å²) in [5.74, 6) is 0.885. The van der Waals surface area contributed by atoms with E-state index in [1.807, 2.05) is 5.38 Å². The molecule has 80 valence electrons. The summed E-state index contributed by atoms with van der Waals surface area (Å²) in [7, 11) is 0. The minimum Gasteiger partial charge on any atom is -0.330 e. The molecule has 2 rings (SSSR count). The van der Waals surface area contributed by atoms with E-state index in [-0.39, 0.29) is 5.56 Å². The number of aromatic nitrogens is 2. The van der Waals surface area contributed by atoms with Gasteiger partial charge in [-0.05, 0) is 24.4 Å². The molecule has 4 nitrogen and oxygen atoms in total. The number of aromatic amines is 1. The minimum atomic E-state index is -0.0588. The lowest BCUT2D eigenvalue weighted by Crippen LogP contribution is -2.08. The number of rotatable bonds is 4. The van der Waals surface area contributed by atoms with Gasteiger partial charge < -0.3 is 10.7 Å². The van der Waals surface area contributed by atoms with E-state index < -0.39 is 0 Å². The maximum atomic E-state index is 11.6. The Morgan fingerprint density at radius 1 is 1.60 bits per heavy atom. The highest BCUT2D eigenvalue weighted by Crippen LogP contribution is 2.18. The Balaban J connectivity index is 2.25. The zero-order chi connectivity index (χ0) is 10.7. The van der Waals surface area contributed by atoms with E-state index in [4.69, 9.17) is 5.73 Å². The first-order chi connectivity index (χ1) is 7.31. The van der Waals surface area contributed by atoms with Crippen LogP contribution >= 0.6 is 23.1 Å². The van der Waals surface area contributed by atoms with Crippen LogP contribution in [0.4, 0.5) is 0 Å². The van der Waals surface area contributed by atoms with Crippen molar-refractivity contribution in [1.82, 2.24) is 9.97 Å². The van der Waals surface area contributed by atoms with Crippen LogP contribution < -0.4 is 11.3 Å². The molecule has 0 radical (unpaired) electrons. The highest BCUT2D eigenvalue weighted by Gasteiger charge is 2.04. The van der Waals surface area contributed by atoms with Gasteiger partial charge in [0.15, 0.2) is 5.16 Å². The maximum absolute atomic E-state index is 11.6. The average molecular weight is 241 g/mol. The number of fused-ring (bicyclic) bond motifs is 1. The third-order valence-corrected chi connectivity index (χ3v) is 3.67. The van der Waals surface area contributed by atoms with Gasteiger partial charge >= 0.3 is 0 Å². The predicted molar refractivity (Wildman–Crippen MR) is 64.6 cm³/mol. The molecule has 0 atom stereocenters. The molecule has 2 aromatic rings. The Kier molecular flexibility index (Phi) is 3.40. The standard InChI is InChI=1S/C9H11N3OS2/c10-3-1-4-15-9-11-7(13)6-2-5-14-8(6)12-9/h2,5H,1,3-4,10H2,(H,11,12,13). The number of H-pyrrole nitrogens is 1. The van der Waals surface area contributed by atoms with E-state index in [2.05, 4.69) is 9.97 Å². The molecule has 0 bridgehead atoms. The van der Waals surface area contributed by atoms with Gasteiger partial charge in [-0.2, -0.15) is 0 Å². The van der Waals surface area contributed by atoms with Crippen LogP contribution in [0, 0.1) is 0 Å². The first-order valence-corrected chi connectivity index (χ1v) is 6.48. The van der Waals surface area contributed by atoms with Gasteiger partial charge in [-0.1, -0.05) is 11.8 Å². The fourth-order valence-corrected chi connectivity index (χ4v) is 2.81. The SMILES string of the molecule is NCCCSc1nc2sccc2c(=O)[nH]1. The molecular weight excluding hydrogens is 230 g/mol. The van der Waals surface area contributed by atoms with Gasteiger partial charge in [0.25, 0.3) is 5.56 Å². The molecule has 0 saturated heterocycles. The van der Waals surface area contributed by atoms with Crippen molar-refractivity contribution < 1.29 is 0 Å². The summed E-state index contributed by atoms with van der Waals surface area (Å²) in [6.45, 7) is 0.665. The fourth-order valence-electron chi connectivity index (χ4n) is 1.17. The fraction of sp³-hybridized carbons (Fsp3) is 0.333. The summed E-state index contributed by atoms with van der Waals surface area (Å²) >= 11 is 3.02. The Bertz CT molecular complexity index is 505. The van der Waals surface area contributed by atoms with Crippen molar-refractivity contribution in [1.29, 1.82) is 0 Å². The average Bonchev–Trinajstić information content (AvgIpc) is 2.66. The molecule has 0 saturated carbocycles. The number of nitrogens with zero attached hydrogens (tertiary/aromatic N) is 1. The summed E-state index contributed by atoms with van der Waals surface area (Å²) in [5.41, 5.74) is 5.33. The third-order valence-electron chi connectivity index (χ3n) is 1.90. The van der Waals surface area contributed by atoms with Gasteiger partial charge in [-0.25, -0.2) is 4.98 Å². The Labute approximate surface area is 94.9 Å². The molecule has 0 aliphatic heterocycles. The Morgan fingerprint density at radius 2 is 2.47 bits per heavy atom. The normalized spacial score (nSPS) is 11.0. The molecule has 15 heavy (non-hydrogen) atoms. The quantitative estimate of drug-likeness (QED) is 0.482. The lowest BCUT2D eigenvalue weighted by molar-refractivity contribution is 0.929. The summed E-state index contributed by atoms with van der Waals surface area (Å²) in [6.07, 6.45) is 0.927. The molecule has 3 N–H and O–H groups in total. The van der Waals surface area contributed by atoms with Crippen LogP contribution in [-0.4, -0.2) is 22.3 Å². The number of hydrogen-bond acceptors (Lipinski definition) is 5. The summed E-state index contributed by atoms with van der Waals surface area (Å²) < 4.78 is 0. The van der Waals surface area contributed by atoms with Crippen molar-refractivity contribution in [2.24, 2.45) is 5.73 Å². The third kappa shape index (κ3) is 2.39. The van der Waals surface area contributed by atoms with Gasteiger partial charge in [0.05, 0.1) is 5.39 Å². The molecule has 0 fully saturated rings. The topological polar surface area (TPSA) is 71.8 Å². The van der Waals surface area contributed by atoms with E-state index in [0.29, 0.717) is 17.1 Å². The van der Waals surface area contributed by atoms with E-state index in [9.17, 15) is 4.79 Å². The van der Waals surface area contributed by atoms with Crippen molar-refractivity contribution in [3.8, 4) is 0 Å². The predicted octanol–water partition coefficient (Wildman–Crippen LogP) is 1.43. The van der Waals surface area contributed by atoms with Gasteiger partial charge in [0, 0.05) is 5.75 Å². The van der Waals surface area contributed by atoms with Crippen LogP contribution in [0.25, 0.3) is 10.2 Å². The Hall–Kier alpha value is -0.850. The molecule has 0 spiro atoms. The van der Waals surface area contributed by atoms with Gasteiger partial charge in [0.2, 0.25) is 0 Å². The highest BCUT2D eigenvalue weighted by atomic mass is 32.2. The van der Waals surface area contributed by atoms with Crippen molar-refractivity contribution in [2.45, 2.75) is 11.6 Å². The number of thiophene rings is 1. The largest absolute Gasteiger partial charge is 0.330 e. The highest BCUT2D eigenvalue weighted by molar-refractivity contribution is 7.99. The summed E-state index contributed by atoms with van der Waals surface area (Å²) in [5, 5.41) is 3.23. The van der Waals surface area contributed by atoms with Crippen LogP contribution in [-0.2, 0) is 0 Å². The number of nitrogens with one attached hydrogen (secondary N) is 1. The van der Waals surface area contributed by atoms with E-state index in [1.165, 1.54) is 23.1 Å². The minimum absolute atomic E-state index is 0.0588. The second kappa shape index (κ2) is 4.78. The number of hydrogen-bond donors (Lipinski definition) is 2. The second-order valence-corrected chi connectivity index (χ2v) is 4.98. The van der Waals surface area contributed by atoms with Gasteiger partial charge in [-0.15, -0.1) is 11.3 Å². The number of thioether (sulfide) groups is 1. The zero-order valence-corrected chi connectivity index (χ0v) is 9.66. The van der Waals surface area contributed by atoms with Crippen LogP contribution in [0.1, 0.15) is 6.42 Å². The van der Waals surface area contributed by atoms with Crippen molar-refractivity contribution >= 4 is 33.3 Å². The lowest BCUT2D eigenvalue weighted by atomic mass is 10.4. The van der Waals surface area contributed by atoms with Gasteiger partial charge in [0.1, 0.15) is 4.83 Å². The van der Waals surface area contributed by atoms with E-state index >= 15 is 0 Å². The van der Waals surface area contributed by atoms with Crippen LogP contribution in [0.3, 0.4) is 0 Å². The molecule has 2 aromatic heterocycles. The van der Waals surface area contributed by atoms with E-state index in [0.717, 1.165) is 17.0 Å². The summed E-state index contributed by atoms with van der Waals surface area (Å²) in [6, 6.07) is 1.79. The first kappa shape index (κ1) is 10.7. The second-order valence-electron chi connectivity index (χ2n) is 3.00. The molecule has 2 heterocycles. The Morgan fingerprint density at radius 3 is 3.27 bits per heavy atom. The van der Waals surface area contributed by atoms with Crippen LogP contribution in [0.2, 0.25) is 0 Å². The molecule has 0 amide bonds. The maximum Gasteiger partial charge on any atom is 0.260 e. The summed E-state index contributed by atoms with van der Waals surface area (Å²) in [4.78, 5) is 19.5. The van der Waals surface area contributed by atoms with Crippen LogP contribution in [0.5, 0.6) is 0 Å².